The number of carboxylic acid groups (broad SMARTS) is 1. The van der Waals surface area contributed by atoms with Gasteiger partial charge in [-0.3, -0.25) is 9.59 Å². The van der Waals surface area contributed by atoms with Crippen molar-refractivity contribution in [2.45, 2.75) is 32.6 Å². The van der Waals surface area contributed by atoms with Crippen molar-refractivity contribution in [2.24, 2.45) is 17.8 Å². The number of aryl methyl sites for hydroxylation is 1. The molecule has 0 radical (unpaired) electrons. The lowest BCUT2D eigenvalue weighted by Crippen LogP contribution is -2.46. The molecule has 1 N–H and O–H groups in total. The minimum Gasteiger partial charge on any atom is -0.481 e. The van der Waals surface area contributed by atoms with Crippen LogP contribution in [0.3, 0.4) is 0 Å². The van der Waals surface area contributed by atoms with Gasteiger partial charge in [0.15, 0.2) is 0 Å². The van der Waals surface area contributed by atoms with Gasteiger partial charge in [-0.25, -0.2) is 0 Å². The molecule has 4 atom stereocenters. The Bertz CT molecular complexity index is 598. The van der Waals surface area contributed by atoms with Gasteiger partial charge >= 0.3 is 5.97 Å². The second-order valence-electron chi connectivity index (χ2n) is 6.92. The number of amides is 1. The molecule has 4 nitrogen and oxygen atoms in total. The quantitative estimate of drug-likeness (QED) is 0.934. The van der Waals surface area contributed by atoms with Crippen LogP contribution in [0.4, 0.5) is 0 Å². The number of hydrogen-bond donors (Lipinski definition) is 1. The number of carbonyl (C=O) groups is 2. The number of benzene rings is 1. The summed E-state index contributed by atoms with van der Waals surface area (Å²) in [6.45, 7) is 5.18. The summed E-state index contributed by atoms with van der Waals surface area (Å²) in [5.74, 6) is -0.436. The molecule has 4 heteroatoms. The molecule has 4 unspecified atom stereocenters. The normalized spacial score (nSPS) is 30.9. The molecule has 2 fully saturated rings. The topological polar surface area (TPSA) is 57.6 Å². The number of aliphatic carboxylic acids is 1. The Hall–Kier alpha value is -1.84. The van der Waals surface area contributed by atoms with Crippen molar-refractivity contribution < 1.29 is 14.7 Å². The van der Waals surface area contributed by atoms with Gasteiger partial charge in [0.1, 0.15) is 0 Å². The maximum Gasteiger partial charge on any atom is 0.308 e. The van der Waals surface area contributed by atoms with Crippen molar-refractivity contribution in [1.82, 2.24) is 4.90 Å². The Kier molecular flexibility index (Phi) is 3.94. The van der Waals surface area contributed by atoms with Crippen LogP contribution in [0.15, 0.2) is 24.3 Å². The molecule has 2 aliphatic rings. The molecular formula is C18H23NO3. The van der Waals surface area contributed by atoms with Crippen molar-refractivity contribution in [1.29, 1.82) is 0 Å². The van der Waals surface area contributed by atoms with Crippen LogP contribution in [0.25, 0.3) is 0 Å². The summed E-state index contributed by atoms with van der Waals surface area (Å²) in [5, 5.41) is 9.24. The molecule has 22 heavy (non-hydrogen) atoms. The molecule has 118 valence electrons. The summed E-state index contributed by atoms with van der Waals surface area (Å²) in [4.78, 5) is 25.7. The summed E-state index contributed by atoms with van der Waals surface area (Å²) < 4.78 is 0. The third-order valence-corrected chi connectivity index (χ3v) is 5.02. The van der Waals surface area contributed by atoms with Crippen LogP contribution in [-0.2, 0) is 9.59 Å². The van der Waals surface area contributed by atoms with E-state index in [0.29, 0.717) is 25.4 Å². The molecule has 1 aromatic rings. The molecule has 0 spiro atoms. The maximum atomic E-state index is 12.7. The van der Waals surface area contributed by atoms with Crippen molar-refractivity contribution >= 4 is 11.9 Å². The lowest BCUT2D eigenvalue weighted by atomic mass is 9.90. The highest BCUT2D eigenvalue weighted by atomic mass is 16.4. The average Bonchev–Trinajstić information content (AvgIpc) is 3.26. The number of likely N-dealkylation sites (tertiary alicyclic amines) is 1. The number of hydrogen-bond acceptors (Lipinski definition) is 2. The number of carboxylic acids is 1. The highest BCUT2D eigenvalue weighted by Crippen LogP contribution is 2.49. The molecule has 1 saturated carbocycles. The van der Waals surface area contributed by atoms with E-state index < -0.39 is 11.9 Å². The number of rotatable bonds is 3. The van der Waals surface area contributed by atoms with E-state index in [2.05, 4.69) is 19.1 Å². The van der Waals surface area contributed by atoms with Crippen LogP contribution in [0.5, 0.6) is 0 Å². The molecular weight excluding hydrogens is 278 g/mol. The number of nitrogens with zero attached hydrogens (tertiary/aromatic N) is 1. The van der Waals surface area contributed by atoms with E-state index in [1.54, 1.807) is 4.90 Å². The van der Waals surface area contributed by atoms with Gasteiger partial charge in [-0.15, -0.1) is 0 Å². The van der Waals surface area contributed by atoms with Crippen LogP contribution < -0.4 is 0 Å². The van der Waals surface area contributed by atoms with Crippen molar-refractivity contribution in [2.75, 3.05) is 13.1 Å². The van der Waals surface area contributed by atoms with Gasteiger partial charge in [0.05, 0.1) is 5.92 Å². The first-order valence-corrected chi connectivity index (χ1v) is 8.04. The lowest BCUT2D eigenvalue weighted by Gasteiger charge is -2.35. The van der Waals surface area contributed by atoms with Crippen LogP contribution in [0.1, 0.15) is 36.8 Å². The van der Waals surface area contributed by atoms with E-state index in [9.17, 15) is 14.7 Å². The zero-order valence-electron chi connectivity index (χ0n) is 13.2. The summed E-state index contributed by atoms with van der Waals surface area (Å²) >= 11 is 0. The molecule has 1 amide bonds. The van der Waals surface area contributed by atoms with Crippen molar-refractivity contribution in [3.63, 3.8) is 0 Å². The first kappa shape index (κ1) is 15.1. The molecule has 0 bridgehead atoms. The fourth-order valence-electron chi connectivity index (χ4n) is 3.76. The van der Waals surface area contributed by atoms with E-state index in [0.717, 1.165) is 6.42 Å². The van der Waals surface area contributed by atoms with E-state index in [4.69, 9.17) is 0 Å². The Morgan fingerprint density at radius 1 is 1.18 bits per heavy atom. The average molecular weight is 301 g/mol. The Labute approximate surface area is 131 Å². The van der Waals surface area contributed by atoms with E-state index in [1.165, 1.54) is 11.1 Å². The standard InChI is InChI=1S/C18H23NO3/c1-11-7-13(18(21)22)10-19(9-11)17(20)16-8-15(16)14-6-4-3-5-12(14)2/h3-6,11,13,15-16H,7-10H2,1-2H3,(H,21,22). The van der Waals surface area contributed by atoms with Gasteiger partial charge in [-0.2, -0.15) is 0 Å². The van der Waals surface area contributed by atoms with Gasteiger partial charge in [-0.1, -0.05) is 31.2 Å². The van der Waals surface area contributed by atoms with Gasteiger partial charge in [0.25, 0.3) is 0 Å². The molecule has 3 rings (SSSR count). The SMILES string of the molecule is Cc1ccccc1C1CC1C(=O)N1CC(C)CC(C(=O)O)C1. The highest BCUT2D eigenvalue weighted by molar-refractivity contribution is 5.84. The largest absolute Gasteiger partial charge is 0.481 e. The second kappa shape index (κ2) is 5.75. The fraction of sp³-hybridized carbons (Fsp3) is 0.556. The lowest BCUT2D eigenvalue weighted by molar-refractivity contribution is -0.147. The van der Waals surface area contributed by atoms with Gasteiger partial charge in [-0.05, 0) is 42.7 Å². The third-order valence-electron chi connectivity index (χ3n) is 5.02. The zero-order chi connectivity index (χ0) is 15.9. The minimum absolute atomic E-state index is 0.0424. The summed E-state index contributed by atoms with van der Waals surface area (Å²) in [6, 6.07) is 8.22. The molecule has 1 aromatic carbocycles. The molecule has 1 heterocycles. The van der Waals surface area contributed by atoms with Gasteiger partial charge in [0.2, 0.25) is 5.91 Å². The summed E-state index contributed by atoms with van der Waals surface area (Å²) in [6.07, 6.45) is 1.57. The molecule has 1 aliphatic heterocycles. The van der Waals surface area contributed by atoms with Crippen molar-refractivity contribution in [3.8, 4) is 0 Å². The fourth-order valence-corrected chi connectivity index (χ4v) is 3.76. The van der Waals surface area contributed by atoms with Crippen LogP contribution in [-0.4, -0.2) is 35.0 Å². The zero-order valence-corrected chi connectivity index (χ0v) is 13.2. The Morgan fingerprint density at radius 2 is 1.91 bits per heavy atom. The Morgan fingerprint density at radius 3 is 2.59 bits per heavy atom. The Balaban J connectivity index is 1.68. The highest BCUT2D eigenvalue weighted by Gasteiger charge is 2.47. The van der Waals surface area contributed by atoms with Crippen LogP contribution in [0.2, 0.25) is 0 Å². The van der Waals surface area contributed by atoms with Gasteiger partial charge < -0.3 is 10.0 Å². The van der Waals surface area contributed by atoms with Crippen molar-refractivity contribution in [3.05, 3.63) is 35.4 Å². The predicted molar refractivity (Wildman–Crippen MR) is 83.5 cm³/mol. The first-order valence-electron chi connectivity index (χ1n) is 8.04. The monoisotopic (exact) mass is 301 g/mol. The predicted octanol–water partition coefficient (Wildman–Crippen LogP) is 2.67. The molecule has 0 aromatic heterocycles. The smallest absolute Gasteiger partial charge is 0.308 e. The maximum absolute atomic E-state index is 12.7. The second-order valence-corrected chi connectivity index (χ2v) is 6.92. The van der Waals surface area contributed by atoms with E-state index >= 15 is 0 Å². The van der Waals surface area contributed by atoms with Gasteiger partial charge in [0, 0.05) is 19.0 Å². The van der Waals surface area contributed by atoms with Crippen LogP contribution >= 0.6 is 0 Å². The van der Waals surface area contributed by atoms with Crippen LogP contribution in [0, 0.1) is 24.7 Å². The first-order chi connectivity index (χ1) is 10.5. The summed E-state index contributed by atoms with van der Waals surface area (Å²) in [5.41, 5.74) is 2.50. The van der Waals surface area contributed by atoms with E-state index in [-0.39, 0.29) is 17.7 Å². The molecule has 1 aliphatic carbocycles. The van der Waals surface area contributed by atoms with E-state index in [1.807, 2.05) is 19.1 Å². The third kappa shape index (κ3) is 2.87. The minimum atomic E-state index is -0.782. The summed E-state index contributed by atoms with van der Waals surface area (Å²) in [7, 11) is 0. The number of carbonyl (C=O) groups excluding carboxylic acids is 1. The number of piperidine rings is 1. The molecule has 1 saturated heterocycles.